The zero-order valence-corrected chi connectivity index (χ0v) is 9.84. The van der Waals surface area contributed by atoms with Crippen LogP contribution in [0.15, 0.2) is 24.3 Å². The fourth-order valence-corrected chi connectivity index (χ4v) is 1.31. The molecule has 0 aliphatic rings. The number of hydrogen-bond acceptors (Lipinski definition) is 2. The number of rotatable bonds is 5. The van der Waals surface area contributed by atoms with Gasteiger partial charge in [0.25, 0.3) is 0 Å². The summed E-state index contributed by atoms with van der Waals surface area (Å²) in [4.78, 5) is 0. The monoisotopic (exact) mass is 247 g/mol. The predicted molar refractivity (Wildman–Crippen MR) is 59.6 cm³/mol. The third kappa shape index (κ3) is 4.75. The Labute approximate surface area is 98.8 Å². The van der Waals surface area contributed by atoms with E-state index >= 15 is 0 Å². The standard InChI is InChI=1S/C12H16F3NO/c1-9(17-2)7-16-8-10-3-5-11(6-4-10)12(13,14)15/h3-6,9,16H,7-8H2,1-2H3. The van der Waals surface area contributed by atoms with Crippen LogP contribution < -0.4 is 5.32 Å². The Bertz CT molecular complexity index is 335. The molecule has 1 atom stereocenters. The van der Waals surface area contributed by atoms with Crippen molar-refractivity contribution in [2.75, 3.05) is 13.7 Å². The molecule has 1 rings (SSSR count). The molecule has 1 aromatic carbocycles. The fourth-order valence-electron chi connectivity index (χ4n) is 1.31. The van der Waals surface area contributed by atoms with E-state index in [2.05, 4.69) is 5.32 Å². The molecule has 1 unspecified atom stereocenters. The molecule has 17 heavy (non-hydrogen) atoms. The van der Waals surface area contributed by atoms with Gasteiger partial charge in [0.1, 0.15) is 0 Å². The summed E-state index contributed by atoms with van der Waals surface area (Å²) in [6, 6.07) is 5.15. The summed E-state index contributed by atoms with van der Waals surface area (Å²) in [5, 5.41) is 3.10. The van der Waals surface area contributed by atoms with Crippen LogP contribution in [0.4, 0.5) is 13.2 Å². The molecule has 0 aliphatic heterocycles. The minimum absolute atomic E-state index is 0.0875. The summed E-state index contributed by atoms with van der Waals surface area (Å²) in [5.74, 6) is 0. The smallest absolute Gasteiger partial charge is 0.380 e. The van der Waals surface area contributed by atoms with Gasteiger partial charge in [-0.2, -0.15) is 13.2 Å². The SMILES string of the molecule is COC(C)CNCc1ccc(C(F)(F)F)cc1. The molecule has 96 valence electrons. The highest BCUT2D eigenvalue weighted by molar-refractivity contribution is 5.24. The molecule has 0 radical (unpaired) electrons. The van der Waals surface area contributed by atoms with Crippen LogP contribution in [-0.2, 0) is 17.5 Å². The largest absolute Gasteiger partial charge is 0.416 e. The zero-order valence-electron chi connectivity index (χ0n) is 9.84. The van der Waals surface area contributed by atoms with Crippen molar-refractivity contribution < 1.29 is 17.9 Å². The lowest BCUT2D eigenvalue weighted by molar-refractivity contribution is -0.137. The molecule has 1 N–H and O–H groups in total. The molecular weight excluding hydrogens is 231 g/mol. The summed E-state index contributed by atoms with van der Waals surface area (Å²) in [6.07, 6.45) is -4.18. The van der Waals surface area contributed by atoms with Crippen LogP contribution in [0.1, 0.15) is 18.1 Å². The third-order valence-corrected chi connectivity index (χ3v) is 2.44. The van der Waals surface area contributed by atoms with Gasteiger partial charge in [-0.3, -0.25) is 0 Å². The van der Waals surface area contributed by atoms with Crippen molar-refractivity contribution in [1.82, 2.24) is 5.32 Å². The van der Waals surface area contributed by atoms with Gasteiger partial charge in [-0.1, -0.05) is 12.1 Å². The Morgan fingerprint density at radius 2 is 1.82 bits per heavy atom. The quantitative estimate of drug-likeness (QED) is 0.863. The normalized spacial score (nSPS) is 13.7. The molecule has 0 heterocycles. The van der Waals surface area contributed by atoms with Gasteiger partial charge in [-0.25, -0.2) is 0 Å². The second-order valence-corrected chi connectivity index (χ2v) is 3.87. The third-order valence-electron chi connectivity index (χ3n) is 2.44. The van der Waals surface area contributed by atoms with E-state index in [9.17, 15) is 13.2 Å². The Hall–Kier alpha value is -1.07. The average molecular weight is 247 g/mol. The average Bonchev–Trinajstić information content (AvgIpc) is 2.28. The molecule has 2 nitrogen and oxygen atoms in total. The molecule has 0 aromatic heterocycles. The van der Waals surface area contributed by atoms with Crippen LogP contribution in [0, 0.1) is 0 Å². The van der Waals surface area contributed by atoms with E-state index in [0.29, 0.717) is 13.1 Å². The van der Waals surface area contributed by atoms with Crippen LogP contribution in [0.25, 0.3) is 0 Å². The molecule has 0 spiro atoms. The Morgan fingerprint density at radius 3 is 2.29 bits per heavy atom. The number of ether oxygens (including phenoxy) is 1. The van der Waals surface area contributed by atoms with Crippen molar-refractivity contribution in [2.24, 2.45) is 0 Å². The molecule has 1 aromatic rings. The van der Waals surface area contributed by atoms with Crippen molar-refractivity contribution in [2.45, 2.75) is 25.7 Å². The minimum Gasteiger partial charge on any atom is -0.380 e. The van der Waals surface area contributed by atoms with Crippen molar-refractivity contribution in [3.8, 4) is 0 Å². The van der Waals surface area contributed by atoms with Crippen LogP contribution in [-0.4, -0.2) is 19.8 Å². The van der Waals surface area contributed by atoms with E-state index in [-0.39, 0.29) is 6.10 Å². The summed E-state index contributed by atoms with van der Waals surface area (Å²) >= 11 is 0. The Kier molecular flexibility index (Phi) is 4.96. The number of hydrogen-bond donors (Lipinski definition) is 1. The van der Waals surface area contributed by atoms with E-state index in [4.69, 9.17) is 4.74 Å². The summed E-state index contributed by atoms with van der Waals surface area (Å²) in [6.45, 7) is 3.11. The Balaban J connectivity index is 2.46. The molecule has 0 aliphatic carbocycles. The van der Waals surface area contributed by atoms with E-state index in [1.54, 1.807) is 7.11 Å². The van der Waals surface area contributed by atoms with Gasteiger partial charge < -0.3 is 10.1 Å². The maximum atomic E-state index is 12.3. The lowest BCUT2D eigenvalue weighted by atomic mass is 10.1. The van der Waals surface area contributed by atoms with Crippen molar-refractivity contribution in [3.05, 3.63) is 35.4 Å². The van der Waals surface area contributed by atoms with E-state index in [1.807, 2.05) is 6.92 Å². The molecule has 0 bridgehead atoms. The van der Waals surface area contributed by atoms with Crippen LogP contribution in [0.5, 0.6) is 0 Å². The number of halogens is 3. The molecular formula is C12H16F3NO. The number of methoxy groups -OCH3 is 1. The summed E-state index contributed by atoms with van der Waals surface area (Å²) < 4.78 is 41.9. The molecule has 5 heteroatoms. The second kappa shape index (κ2) is 6.02. The molecule has 0 saturated heterocycles. The van der Waals surface area contributed by atoms with E-state index in [1.165, 1.54) is 12.1 Å². The lowest BCUT2D eigenvalue weighted by Gasteiger charge is -2.11. The maximum Gasteiger partial charge on any atom is 0.416 e. The second-order valence-electron chi connectivity index (χ2n) is 3.87. The molecule has 0 fully saturated rings. The highest BCUT2D eigenvalue weighted by Gasteiger charge is 2.29. The first-order chi connectivity index (χ1) is 7.93. The number of nitrogens with one attached hydrogen (secondary N) is 1. The fraction of sp³-hybridized carbons (Fsp3) is 0.500. The van der Waals surface area contributed by atoms with Gasteiger partial charge in [0.05, 0.1) is 11.7 Å². The van der Waals surface area contributed by atoms with Crippen molar-refractivity contribution in [3.63, 3.8) is 0 Å². The zero-order chi connectivity index (χ0) is 12.9. The lowest BCUT2D eigenvalue weighted by Crippen LogP contribution is -2.25. The van der Waals surface area contributed by atoms with Crippen LogP contribution in [0.3, 0.4) is 0 Å². The summed E-state index contributed by atoms with van der Waals surface area (Å²) in [7, 11) is 1.62. The van der Waals surface area contributed by atoms with Crippen LogP contribution in [0.2, 0.25) is 0 Å². The van der Waals surface area contributed by atoms with Gasteiger partial charge in [0, 0.05) is 20.2 Å². The van der Waals surface area contributed by atoms with Gasteiger partial charge in [-0.15, -0.1) is 0 Å². The van der Waals surface area contributed by atoms with Gasteiger partial charge in [0.15, 0.2) is 0 Å². The minimum atomic E-state index is -4.27. The highest BCUT2D eigenvalue weighted by atomic mass is 19.4. The van der Waals surface area contributed by atoms with Gasteiger partial charge in [-0.05, 0) is 24.6 Å². The number of benzene rings is 1. The Morgan fingerprint density at radius 1 is 1.24 bits per heavy atom. The van der Waals surface area contributed by atoms with Gasteiger partial charge in [0.2, 0.25) is 0 Å². The van der Waals surface area contributed by atoms with Gasteiger partial charge >= 0.3 is 6.18 Å². The first kappa shape index (κ1) is 14.0. The summed E-state index contributed by atoms with van der Waals surface area (Å²) in [5.41, 5.74) is 0.202. The predicted octanol–water partition coefficient (Wildman–Crippen LogP) is 2.83. The first-order valence-corrected chi connectivity index (χ1v) is 5.33. The van der Waals surface area contributed by atoms with Crippen LogP contribution >= 0.6 is 0 Å². The van der Waals surface area contributed by atoms with E-state index in [0.717, 1.165) is 17.7 Å². The molecule has 0 amide bonds. The maximum absolute atomic E-state index is 12.3. The molecule has 0 saturated carbocycles. The van der Waals surface area contributed by atoms with Crippen molar-refractivity contribution in [1.29, 1.82) is 0 Å². The number of alkyl halides is 3. The highest BCUT2D eigenvalue weighted by Crippen LogP contribution is 2.28. The van der Waals surface area contributed by atoms with E-state index < -0.39 is 11.7 Å². The topological polar surface area (TPSA) is 21.3 Å². The first-order valence-electron chi connectivity index (χ1n) is 5.33. The van der Waals surface area contributed by atoms with Crippen molar-refractivity contribution >= 4 is 0 Å².